The maximum absolute atomic E-state index is 12.7. The van der Waals surface area contributed by atoms with Crippen LogP contribution >= 0.6 is 0 Å². The molecule has 5 nitrogen and oxygen atoms in total. The monoisotopic (exact) mass is 288 g/mol. The summed E-state index contributed by atoms with van der Waals surface area (Å²) in [6, 6.07) is 4.91. The molecule has 0 saturated heterocycles. The number of hydrogen-bond acceptors (Lipinski definition) is 3. The van der Waals surface area contributed by atoms with Crippen LogP contribution in [0, 0.1) is 5.41 Å². The standard InChI is InChI=1S/C16H20N2O3/c1-18-10-16(7-3-2-4-8-16)15(21)17-12-9-11(14(19)20)5-6-13(12)18/h5-6,9H,2-4,7-8,10H2,1H3,(H,17,21)(H,19,20). The van der Waals surface area contributed by atoms with Crippen molar-refractivity contribution >= 4 is 23.3 Å². The number of amides is 1. The molecule has 21 heavy (non-hydrogen) atoms. The Morgan fingerprint density at radius 1 is 1.29 bits per heavy atom. The molecule has 0 unspecified atom stereocenters. The van der Waals surface area contributed by atoms with Crippen LogP contribution in [0.1, 0.15) is 42.5 Å². The Labute approximate surface area is 123 Å². The molecule has 1 aliphatic heterocycles. The van der Waals surface area contributed by atoms with E-state index in [0.717, 1.165) is 31.4 Å². The summed E-state index contributed by atoms with van der Waals surface area (Å²) >= 11 is 0. The van der Waals surface area contributed by atoms with Crippen molar-refractivity contribution in [3.8, 4) is 0 Å². The summed E-state index contributed by atoms with van der Waals surface area (Å²) < 4.78 is 0. The SMILES string of the molecule is CN1CC2(CCCCC2)C(=O)Nc2cc(C(=O)O)ccc21. The number of benzene rings is 1. The third kappa shape index (κ3) is 2.37. The molecule has 1 saturated carbocycles. The minimum absolute atomic E-state index is 0.0374. The van der Waals surface area contributed by atoms with E-state index in [-0.39, 0.29) is 16.9 Å². The lowest BCUT2D eigenvalue weighted by Gasteiger charge is -2.36. The summed E-state index contributed by atoms with van der Waals surface area (Å²) in [5, 5.41) is 12.1. The summed E-state index contributed by atoms with van der Waals surface area (Å²) in [6.45, 7) is 0.693. The van der Waals surface area contributed by atoms with Gasteiger partial charge in [-0.3, -0.25) is 4.79 Å². The zero-order valence-corrected chi connectivity index (χ0v) is 12.2. The van der Waals surface area contributed by atoms with Crippen LogP contribution in [-0.4, -0.2) is 30.6 Å². The molecule has 0 bridgehead atoms. The number of anilines is 2. The fourth-order valence-corrected chi connectivity index (χ4v) is 3.58. The van der Waals surface area contributed by atoms with Crippen LogP contribution in [0.4, 0.5) is 11.4 Å². The van der Waals surface area contributed by atoms with E-state index in [0.29, 0.717) is 12.2 Å². The van der Waals surface area contributed by atoms with Crippen molar-refractivity contribution in [2.45, 2.75) is 32.1 Å². The third-order valence-corrected chi connectivity index (χ3v) is 4.74. The maximum Gasteiger partial charge on any atom is 0.335 e. The Hall–Kier alpha value is -2.04. The number of carbonyl (C=O) groups is 2. The highest BCUT2D eigenvalue weighted by Gasteiger charge is 2.42. The predicted octanol–water partition coefficient (Wildman–Crippen LogP) is 2.72. The third-order valence-electron chi connectivity index (χ3n) is 4.74. The van der Waals surface area contributed by atoms with Gasteiger partial charge >= 0.3 is 5.97 Å². The summed E-state index contributed by atoms with van der Waals surface area (Å²) in [6.07, 6.45) is 5.16. The topological polar surface area (TPSA) is 69.6 Å². The van der Waals surface area contributed by atoms with Gasteiger partial charge in [0.1, 0.15) is 0 Å². The van der Waals surface area contributed by atoms with Crippen molar-refractivity contribution < 1.29 is 14.7 Å². The average Bonchev–Trinajstić information content (AvgIpc) is 2.56. The summed E-state index contributed by atoms with van der Waals surface area (Å²) in [4.78, 5) is 25.9. The minimum Gasteiger partial charge on any atom is -0.478 e. The highest BCUT2D eigenvalue weighted by Crippen LogP contribution is 2.42. The molecule has 112 valence electrons. The smallest absolute Gasteiger partial charge is 0.335 e. The summed E-state index contributed by atoms with van der Waals surface area (Å²) in [5.74, 6) is -0.943. The van der Waals surface area contributed by atoms with E-state index in [4.69, 9.17) is 5.11 Å². The molecule has 1 aromatic rings. The first kappa shape index (κ1) is 13.9. The van der Waals surface area contributed by atoms with Crippen molar-refractivity contribution in [3.05, 3.63) is 23.8 Å². The van der Waals surface area contributed by atoms with E-state index in [1.165, 1.54) is 6.42 Å². The number of fused-ring (bicyclic) bond motifs is 1. The number of nitrogens with one attached hydrogen (secondary N) is 1. The highest BCUT2D eigenvalue weighted by atomic mass is 16.4. The summed E-state index contributed by atoms with van der Waals surface area (Å²) in [5.41, 5.74) is 1.35. The van der Waals surface area contributed by atoms with Crippen LogP contribution in [0.2, 0.25) is 0 Å². The van der Waals surface area contributed by atoms with Gasteiger partial charge in [-0.2, -0.15) is 0 Å². The molecule has 1 aliphatic carbocycles. The van der Waals surface area contributed by atoms with Gasteiger partial charge in [0.05, 0.1) is 22.4 Å². The van der Waals surface area contributed by atoms with Gasteiger partial charge in [0.25, 0.3) is 0 Å². The first-order chi connectivity index (χ1) is 10.0. The number of carbonyl (C=O) groups excluding carboxylic acids is 1. The van der Waals surface area contributed by atoms with Gasteiger partial charge in [0, 0.05) is 13.6 Å². The van der Waals surface area contributed by atoms with Gasteiger partial charge in [-0.25, -0.2) is 4.79 Å². The Balaban J connectivity index is 1.99. The zero-order valence-electron chi connectivity index (χ0n) is 12.2. The Morgan fingerprint density at radius 3 is 2.67 bits per heavy atom. The molecule has 1 heterocycles. The molecule has 5 heteroatoms. The lowest BCUT2D eigenvalue weighted by atomic mass is 9.73. The van der Waals surface area contributed by atoms with E-state index >= 15 is 0 Å². The molecule has 0 atom stereocenters. The molecule has 0 radical (unpaired) electrons. The molecule has 1 fully saturated rings. The van der Waals surface area contributed by atoms with Crippen LogP contribution < -0.4 is 10.2 Å². The van der Waals surface area contributed by atoms with Crippen LogP contribution in [0.3, 0.4) is 0 Å². The van der Waals surface area contributed by atoms with Crippen LogP contribution in [0.5, 0.6) is 0 Å². The number of carboxylic acids is 1. The zero-order chi connectivity index (χ0) is 15.0. The number of nitrogens with zero attached hydrogens (tertiary/aromatic N) is 1. The lowest BCUT2D eigenvalue weighted by Crippen LogP contribution is -2.44. The largest absolute Gasteiger partial charge is 0.478 e. The van der Waals surface area contributed by atoms with E-state index < -0.39 is 5.97 Å². The minimum atomic E-state index is -0.980. The fraction of sp³-hybridized carbons (Fsp3) is 0.500. The van der Waals surface area contributed by atoms with E-state index in [2.05, 4.69) is 10.2 Å². The molecule has 3 rings (SSSR count). The second-order valence-corrected chi connectivity index (χ2v) is 6.19. The van der Waals surface area contributed by atoms with Gasteiger partial charge < -0.3 is 15.3 Å². The van der Waals surface area contributed by atoms with Crippen molar-refractivity contribution in [1.82, 2.24) is 0 Å². The average molecular weight is 288 g/mol. The predicted molar refractivity (Wildman–Crippen MR) is 80.8 cm³/mol. The van der Waals surface area contributed by atoms with Gasteiger partial charge in [-0.1, -0.05) is 19.3 Å². The van der Waals surface area contributed by atoms with Gasteiger partial charge in [-0.15, -0.1) is 0 Å². The normalized spacial score (nSPS) is 20.6. The van der Waals surface area contributed by atoms with Gasteiger partial charge in [0.15, 0.2) is 0 Å². The molecular formula is C16H20N2O3. The lowest BCUT2D eigenvalue weighted by molar-refractivity contribution is -0.126. The molecule has 0 aromatic heterocycles. The quantitative estimate of drug-likeness (QED) is 0.833. The molecule has 1 aromatic carbocycles. The first-order valence-corrected chi connectivity index (χ1v) is 7.42. The first-order valence-electron chi connectivity index (χ1n) is 7.42. The molecular weight excluding hydrogens is 268 g/mol. The summed E-state index contributed by atoms with van der Waals surface area (Å²) in [7, 11) is 1.97. The van der Waals surface area contributed by atoms with E-state index in [1.807, 2.05) is 7.05 Å². The van der Waals surface area contributed by atoms with E-state index in [1.54, 1.807) is 18.2 Å². The van der Waals surface area contributed by atoms with Crippen LogP contribution in [-0.2, 0) is 4.79 Å². The Bertz CT molecular complexity index is 591. The van der Waals surface area contributed by atoms with E-state index in [9.17, 15) is 9.59 Å². The second-order valence-electron chi connectivity index (χ2n) is 6.19. The fourth-order valence-electron chi connectivity index (χ4n) is 3.58. The number of aromatic carboxylic acids is 1. The van der Waals surface area contributed by atoms with Crippen molar-refractivity contribution in [1.29, 1.82) is 0 Å². The number of rotatable bonds is 1. The maximum atomic E-state index is 12.7. The van der Waals surface area contributed by atoms with Crippen molar-refractivity contribution in [2.75, 3.05) is 23.8 Å². The second kappa shape index (κ2) is 5.06. The van der Waals surface area contributed by atoms with Crippen molar-refractivity contribution in [2.24, 2.45) is 5.41 Å². The van der Waals surface area contributed by atoms with Crippen LogP contribution in [0.25, 0.3) is 0 Å². The van der Waals surface area contributed by atoms with Gasteiger partial charge in [0.2, 0.25) is 5.91 Å². The molecule has 1 spiro atoms. The van der Waals surface area contributed by atoms with Crippen LogP contribution in [0.15, 0.2) is 18.2 Å². The van der Waals surface area contributed by atoms with Crippen molar-refractivity contribution in [3.63, 3.8) is 0 Å². The number of hydrogen-bond donors (Lipinski definition) is 2. The molecule has 2 aliphatic rings. The molecule has 1 amide bonds. The highest BCUT2D eigenvalue weighted by molar-refractivity contribution is 6.02. The number of carboxylic acid groups (broad SMARTS) is 1. The Kier molecular flexibility index (Phi) is 3.35. The molecule has 2 N–H and O–H groups in total. The Morgan fingerprint density at radius 2 is 2.00 bits per heavy atom. The van der Waals surface area contributed by atoms with Gasteiger partial charge in [-0.05, 0) is 31.0 Å².